The molecule has 0 aliphatic carbocycles. The van der Waals surface area contributed by atoms with E-state index in [4.69, 9.17) is 26.6 Å². The molecule has 0 aliphatic rings. The van der Waals surface area contributed by atoms with E-state index in [1.54, 1.807) is 0 Å². The predicted octanol–water partition coefficient (Wildman–Crippen LogP) is 1.99. The van der Waals surface area contributed by atoms with E-state index in [1.807, 2.05) is 0 Å². The molecule has 0 bridgehead atoms. The third-order valence-electron chi connectivity index (χ3n) is 2.44. The van der Waals surface area contributed by atoms with E-state index in [-0.39, 0.29) is 21.6 Å². The molecule has 1 aromatic heterocycles. The lowest BCUT2D eigenvalue weighted by Crippen LogP contribution is -2.02. The molecular formula is C11H11ClN2O4S. The van der Waals surface area contributed by atoms with Crippen molar-refractivity contribution in [3.8, 4) is 17.0 Å². The second-order valence-electron chi connectivity index (χ2n) is 3.88. The second-order valence-corrected chi connectivity index (χ2v) is 6.27. The molecule has 0 radical (unpaired) electrons. The Balaban J connectivity index is 2.70. The number of benzene rings is 1. The van der Waals surface area contributed by atoms with Gasteiger partial charge in [-0.05, 0) is 12.1 Å². The molecular weight excluding hydrogens is 292 g/mol. The van der Waals surface area contributed by atoms with Crippen molar-refractivity contribution in [2.45, 2.75) is 4.90 Å². The Morgan fingerprint density at radius 1 is 1.37 bits per heavy atom. The highest BCUT2D eigenvalue weighted by Gasteiger charge is 2.20. The monoisotopic (exact) mass is 302 g/mol. The molecule has 0 atom stereocenters. The molecule has 0 unspecified atom stereocenters. The predicted molar refractivity (Wildman–Crippen MR) is 71.0 cm³/mol. The molecule has 0 amide bonds. The highest BCUT2D eigenvalue weighted by Crippen LogP contribution is 2.36. The summed E-state index contributed by atoms with van der Waals surface area (Å²) in [4.78, 5) is -0.0147. The number of ether oxygens (including phenoxy) is 1. The maximum atomic E-state index is 11.7. The van der Waals surface area contributed by atoms with E-state index < -0.39 is 9.84 Å². The minimum Gasteiger partial charge on any atom is -0.494 e. The summed E-state index contributed by atoms with van der Waals surface area (Å²) < 4.78 is 33.3. The molecule has 102 valence electrons. The summed E-state index contributed by atoms with van der Waals surface area (Å²) in [7, 11) is -2.14. The first-order valence-corrected chi connectivity index (χ1v) is 7.40. The van der Waals surface area contributed by atoms with Crippen molar-refractivity contribution in [1.29, 1.82) is 0 Å². The minimum absolute atomic E-state index is 0.0147. The summed E-state index contributed by atoms with van der Waals surface area (Å²) in [6, 6.07) is 4.42. The number of hydrogen-bond acceptors (Lipinski definition) is 6. The van der Waals surface area contributed by atoms with Gasteiger partial charge in [-0.2, -0.15) is 0 Å². The Morgan fingerprint density at radius 2 is 2.05 bits per heavy atom. The van der Waals surface area contributed by atoms with Gasteiger partial charge < -0.3 is 15.0 Å². The van der Waals surface area contributed by atoms with Crippen LogP contribution in [0.25, 0.3) is 11.3 Å². The van der Waals surface area contributed by atoms with Crippen LogP contribution in [0.2, 0.25) is 5.02 Å². The number of hydrogen-bond donors (Lipinski definition) is 1. The number of sulfone groups is 1. The zero-order valence-electron chi connectivity index (χ0n) is 10.2. The Labute approximate surface area is 115 Å². The molecule has 0 aliphatic heterocycles. The number of nitrogen functional groups attached to an aromatic ring is 1. The number of anilines is 1. The standard InChI is InChI=1S/C11H11ClN2O4S/c1-17-11-7(12)3-6(4-9(11)19(2,15)16)8-5-10(13)18-14-8/h3-5H,13H2,1-2H3. The number of nitrogens with zero attached hydrogens (tertiary/aromatic N) is 1. The lowest BCUT2D eigenvalue weighted by molar-refractivity contribution is 0.403. The lowest BCUT2D eigenvalue weighted by Gasteiger charge is -2.10. The largest absolute Gasteiger partial charge is 0.494 e. The van der Waals surface area contributed by atoms with E-state index in [0.717, 1.165) is 6.26 Å². The molecule has 1 aromatic carbocycles. The number of methoxy groups -OCH3 is 1. The third-order valence-corrected chi connectivity index (χ3v) is 3.82. The fraction of sp³-hybridized carbons (Fsp3) is 0.182. The fourth-order valence-electron chi connectivity index (χ4n) is 1.61. The average molecular weight is 303 g/mol. The van der Waals surface area contributed by atoms with Gasteiger partial charge in [0, 0.05) is 17.9 Å². The maximum Gasteiger partial charge on any atom is 0.222 e. The van der Waals surface area contributed by atoms with E-state index in [9.17, 15) is 8.42 Å². The topological polar surface area (TPSA) is 95.4 Å². The van der Waals surface area contributed by atoms with E-state index in [2.05, 4.69) is 5.16 Å². The van der Waals surface area contributed by atoms with Gasteiger partial charge in [-0.1, -0.05) is 16.8 Å². The molecule has 2 N–H and O–H groups in total. The van der Waals surface area contributed by atoms with Crippen LogP contribution in [-0.2, 0) is 9.84 Å². The fourth-order valence-corrected chi connectivity index (χ4v) is 2.84. The highest BCUT2D eigenvalue weighted by atomic mass is 35.5. The Hall–Kier alpha value is -1.73. The van der Waals surface area contributed by atoms with Crippen molar-refractivity contribution in [3.63, 3.8) is 0 Å². The number of halogens is 1. The number of aromatic nitrogens is 1. The summed E-state index contributed by atoms with van der Waals surface area (Å²) in [5, 5.41) is 3.88. The van der Waals surface area contributed by atoms with Crippen LogP contribution in [-0.4, -0.2) is 26.9 Å². The van der Waals surface area contributed by atoms with Gasteiger partial charge in [-0.3, -0.25) is 0 Å². The molecule has 19 heavy (non-hydrogen) atoms. The first-order valence-electron chi connectivity index (χ1n) is 5.13. The van der Waals surface area contributed by atoms with E-state index in [1.165, 1.54) is 25.3 Å². The first kappa shape index (κ1) is 13.7. The summed E-state index contributed by atoms with van der Waals surface area (Å²) >= 11 is 6.02. The van der Waals surface area contributed by atoms with Crippen LogP contribution in [0, 0.1) is 0 Å². The van der Waals surface area contributed by atoms with Crippen LogP contribution >= 0.6 is 11.6 Å². The van der Waals surface area contributed by atoms with Crippen LogP contribution in [0.5, 0.6) is 5.75 Å². The van der Waals surface area contributed by atoms with Crippen LogP contribution in [0.3, 0.4) is 0 Å². The van der Waals surface area contributed by atoms with Gasteiger partial charge in [0.05, 0.1) is 12.1 Å². The number of rotatable bonds is 3. The van der Waals surface area contributed by atoms with Crippen molar-refractivity contribution < 1.29 is 17.7 Å². The summed E-state index contributed by atoms with van der Waals surface area (Å²) in [6.07, 6.45) is 1.07. The normalized spacial score (nSPS) is 11.5. The van der Waals surface area contributed by atoms with E-state index in [0.29, 0.717) is 11.3 Å². The van der Waals surface area contributed by atoms with Crippen LogP contribution in [0.15, 0.2) is 27.6 Å². The molecule has 2 aromatic rings. The van der Waals surface area contributed by atoms with Crippen LogP contribution in [0.4, 0.5) is 5.88 Å². The van der Waals surface area contributed by atoms with Crippen molar-refractivity contribution in [2.24, 2.45) is 0 Å². The summed E-state index contributed by atoms with van der Waals surface area (Å²) in [6.45, 7) is 0. The molecule has 1 heterocycles. The molecule has 6 nitrogen and oxygen atoms in total. The molecule has 2 rings (SSSR count). The second kappa shape index (κ2) is 4.75. The zero-order valence-corrected chi connectivity index (χ0v) is 11.7. The van der Waals surface area contributed by atoms with Crippen LogP contribution < -0.4 is 10.5 Å². The summed E-state index contributed by atoms with van der Waals surface area (Å²) in [5.41, 5.74) is 6.30. The molecule has 0 saturated carbocycles. The first-order chi connectivity index (χ1) is 8.82. The molecule has 0 saturated heterocycles. The Morgan fingerprint density at radius 3 is 2.53 bits per heavy atom. The Bertz CT molecular complexity index is 724. The Kier molecular flexibility index (Phi) is 3.42. The molecule has 8 heteroatoms. The van der Waals surface area contributed by atoms with Gasteiger partial charge in [-0.15, -0.1) is 0 Å². The quantitative estimate of drug-likeness (QED) is 0.931. The average Bonchev–Trinajstić information content (AvgIpc) is 2.73. The SMILES string of the molecule is COc1c(Cl)cc(-c2cc(N)on2)cc1S(C)(=O)=O. The van der Waals surface area contributed by atoms with Crippen molar-refractivity contribution in [1.82, 2.24) is 5.16 Å². The van der Waals surface area contributed by atoms with Crippen molar-refractivity contribution in [3.05, 3.63) is 23.2 Å². The third kappa shape index (κ3) is 2.66. The van der Waals surface area contributed by atoms with Gasteiger partial charge in [0.25, 0.3) is 0 Å². The zero-order chi connectivity index (χ0) is 14.2. The van der Waals surface area contributed by atoms with Gasteiger partial charge >= 0.3 is 0 Å². The van der Waals surface area contributed by atoms with Gasteiger partial charge in [-0.25, -0.2) is 8.42 Å². The van der Waals surface area contributed by atoms with Crippen molar-refractivity contribution >= 4 is 27.3 Å². The van der Waals surface area contributed by atoms with Crippen LogP contribution in [0.1, 0.15) is 0 Å². The van der Waals surface area contributed by atoms with Gasteiger partial charge in [0.1, 0.15) is 10.6 Å². The lowest BCUT2D eigenvalue weighted by atomic mass is 10.1. The van der Waals surface area contributed by atoms with Crippen molar-refractivity contribution in [2.75, 3.05) is 19.1 Å². The van der Waals surface area contributed by atoms with Gasteiger partial charge in [0.2, 0.25) is 5.88 Å². The smallest absolute Gasteiger partial charge is 0.222 e. The summed E-state index contributed by atoms with van der Waals surface area (Å²) in [5.74, 6) is 0.229. The maximum absolute atomic E-state index is 11.7. The highest BCUT2D eigenvalue weighted by molar-refractivity contribution is 7.90. The minimum atomic E-state index is -3.49. The van der Waals surface area contributed by atoms with Gasteiger partial charge in [0.15, 0.2) is 15.6 Å². The molecule has 0 fully saturated rings. The number of nitrogens with two attached hydrogens (primary N) is 1. The molecule has 0 spiro atoms. The van der Waals surface area contributed by atoms with E-state index >= 15 is 0 Å².